The minimum Gasteiger partial charge on any atom is -0.301 e. The molecule has 0 atom stereocenters. The van der Waals surface area contributed by atoms with Crippen molar-refractivity contribution in [1.82, 2.24) is 18.6 Å². The van der Waals surface area contributed by atoms with Crippen molar-refractivity contribution in [2.75, 3.05) is 26.2 Å². The Kier molecular flexibility index (Phi) is 7.55. The average Bonchev–Trinajstić information content (AvgIpc) is 3.36. The Balaban J connectivity index is 1.34. The van der Waals surface area contributed by atoms with Crippen LogP contribution in [0.1, 0.15) is 16.8 Å². The van der Waals surface area contributed by atoms with Crippen molar-refractivity contribution in [3.8, 4) is 22.4 Å². The topological polar surface area (TPSA) is 101 Å². The highest BCUT2D eigenvalue weighted by atomic mass is 32.2. The van der Waals surface area contributed by atoms with Gasteiger partial charge in [-0.2, -0.15) is 4.31 Å². The Morgan fingerprint density at radius 3 is 2.23 bits per heavy atom. The second kappa shape index (κ2) is 11.3. The van der Waals surface area contributed by atoms with Crippen LogP contribution in [0.3, 0.4) is 0 Å². The van der Waals surface area contributed by atoms with E-state index in [0.717, 1.165) is 57.0 Å². The third kappa shape index (κ3) is 5.66. The van der Waals surface area contributed by atoms with E-state index in [-0.39, 0.29) is 23.7 Å². The van der Waals surface area contributed by atoms with Crippen molar-refractivity contribution in [1.29, 1.82) is 0 Å². The van der Waals surface area contributed by atoms with Crippen LogP contribution >= 0.6 is 0 Å². The second-order valence-corrected chi connectivity index (χ2v) is 12.7. The van der Waals surface area contributed by atoms with Gasteiger partial charge in [-0.25, -0.2) is 17.8 Å². The summed E-state index contributed by atoms with van der Waals surface area (Å²) in [5, 5.41) is 11.3. The molecule has 0 bridgehead atoms. The molecule has 0 aliphatic carbocycles. The molecule has 1 saturated heterocycles. The Labute approximate surface area is 249 Å². The molecule has 0 radical (unpaired) electrons. The highest BCUT2D eigenvalue weighted by Crippen LogP contribution is 2.31. The molecule has 0 spiro atoms. The van der Waals surface area contributed by atoms with E-state index >= 15 is 0 Å². The molecule has 1 aliphatic rings. The van der Waals surface area contributed by atoms with Crippen molar-refractivity contribution in [2.45, 2.75) is 25.3 Å². The first-order valence-electron chi connectivity index (χ1n) is 13.9. The van der Waals surface area contributed by atoms with E-state index in [1.807, 2.05) is 12.1 Å². The zero-order valence-electron chi connectivity index (χ0n) is 23.8. The second-order valence-electron chi connectivity index (χ2n) is 10.8. The number of non-ortho nitro benzene ring substituents is 1. The molecule has 0 amide bonds. The molecule has 0 saturated carbocycles. The van der Waals surface area contributed by atoms with E-state index in [9.17, 15) is 22.9 Å². The van der Waals surface area contributed by atoms with Crippen LogP contribution in [0.15, 0.2) is 90.0 Å². The first-order chi connectivity index (χ1) is 20.6. The number of imidazole rings is 1. The summed E-state index contributed by atoms with van der Waals surface area (Å²) in [6, 6.07) is 21.6. The fourth-order valence-electron chi connectivity index (χ4n) is 5.52. The molecule has 1 fully saturated rings. The van der Waals surface area contributed by atoms with Crippen molar-refractivity contribution in [3.63, 3.8) is 0 Å². The van der Waals surface area contributed by atoms with Gasteiger partial charge in [0.1, 0.15) is 11.5 Å². The predicted octanol–water partition coefficient (Wildman–Crippen LogP) is 5.84. The van der Waals surface area contributed by atoms with Crippen LogP contribution in [-0.2, 0) is 16.6 Å². The monoisotopic (exact) mass is 599 g/mol. The highest BCUT2D eigenvalue weighted by Gasteiger charge is 2.29. The Bertz CT molecular complexity index is 1930. The van der Waals surface area contributed by atoms with Crippen molar-refractivity contribution in [3.05, 3.63) is 118 Å². The molecule has 43 heavy (non-hydrogen) atoms. The van der Waals surface area contributed by atoms with Crippen molar-refractivity contribution < 1.29 is 17.7 Å². The smallest absolute Gasteiger partial charge is 0.269 e. The highest BCUT2D eigenvalue weighted by molar-refractivity contribution is 7.89. The number of benzene rings is 3. The number of halogens is 1. The van der Waals surface area contributed by atoms with Crippen LogP contribution in [0.5, 0.6) is 0 Å². The zero-order valence-corrected chi connectivity index (χ0v) is 24.6. The summed E-state index contributed by atoms with van der Waals surface area (Å²) in [5.41, 5.74) is 7.61. The molecular weight excluding hydrogens is 569 g/mol. The third-order valence-electron chi connectivity index (χ3n) is 7.93. The first-order valence-corrected chi connectivity index (χ1v) is 15.4. The first kappa shape index (κ1) is 28.7. The minimum atomic E-state index is -3.74. The van der Waals surface area contributed by atoms with Crippen LogP contribution in [0.4, 0.5) is 10.1 Å². The number of sulfonamides is 1. The Hall–Kier alpha value is -4.45. The summed E-state index contributed by atoms with van der Waals surface area (Å²) in [6.07, 6.45) is 2.07. The van der Waals surface area contributed by atoms with Crippen molar-refractivity contribution in [2.24, 2.45) is 0 Å². The van der Waals surface area contributed by atoms with Gasteiger partial charge in [-0.05, 0) is 79.1 Å². The van der Waals surface area contributed by atoms with E-state index in [1.165, 1.54) is 28.6 Å². The van der Waals surface area contributed by atoms with Crippen LogP contribution in [0.2, 0.25) is 0 Å². The molecule has 0 unspecified atom stereocenters. The molecule has 3 heterocycles. The van der Waals surface area contributed by atoms with Gasteiger partial charge in [-0.3, -0.25) is 15.0 Å². The van der Waals surface area contributed by atoms with Gasteiger partial charge in [-0.1, -0.05) is 23.8 Å². The minimum absolute atomic E-state index is 0.00441. The number of hydrogen-bond donors (Lipinski definition) is 0. The van der Waals surface area contributed by atoms with Crippen LogP contribution < -0.4 is 0 Å². The number of pyridine rings is 1. The van der Waals surface area contributed by atoms with Gasteiger partial charge >= 0.3 is 0 Å². The van der Waals surface area contributed by atoms with E-state index in [1.54, 1.807) is 12.1 Å². The predicted molar refractivity (Wildman–Crippen MR) is 163 cm³/mol. The lowest BCUT2D eigenvalue weighted by molar-refractivity contribution is -0.384. The summed E-state index contributed by atoms with van der Waals surface area (Å²) in [7, 11) is -3.74. The van der Waals surface area contributed by atoms with Crippen LogP contribution in [0.25, 0.3) is 28.0 Å². The summed E-state index contributed by atoms with van der Waals surface area (Å²) in [4.78, 5) is 18.0. The van der Waals surface area contributed by atoms with Gasteiger partial charge in [0.25, 0.3) is 5.69 Å². The van der Waals surface area contributed by atoms with Crippen molar-refractivity contribution >= 4 is 21.4 Å². The largest absolute Gasteiger partial charge is 0.301 e. The summed E-state index contributed by atoms with van der Waals surface area (Å²) >= 11 is 0. The van der Waals surface area contributed by atoms with Gasteiger partial charge < -0.3 is 4.40 Å². The lowest BCUT2D eigenvalue weighted by atomic mass is 10.00. The molecule has 5 aromatic rings. The van der Waals surface area contributed by atoms with E-state index < -0.39 is 20.8 Å². The number of fused-ring (bicyclic) bond motifs is 1. The number of nitro benzene ring substituents is 1. The lowest BCUT2D eigenvalue weighted by Gasteiger charge is -2.34. The Morgan fingerprint density at radius 2 is 1.56 bits per heavy atom. The number of aromatic nitrogens is 2. The molecule has 3 aromatic carbocycles. The van der Waals surface area contributed by atoms with Gasteiger partial charge in [0.05, 0.1) is 21.2 Å². The quantitative estimate of drug-likeness (QED) is 0.172. The molecule has 9 nitrogen and oxygen atoms in total. The number of hydrogen-bond acceptors (Lipinski definition) is 6. The fourth-order valence-corrected chi connectivity index (χ4v) is 6.94. The van der Waals surface area contributed by atoms with E-state index in [4.69, 9.17) is 4.98 Å². The summed E-state index contributed by atoms with van der Waals surface area (Å²) in [5.74, 6) is -0.485. The van der Waals surface area contributed by atoms with E-state index in [0.29, 0.717) is 19.6 Å². The number of nitro groups is 1. The normalized spacial score (nSPS) is 14.8. The fraction of sp³-hybridized carbons (Fsp3) is 0.219. The van der Waals surface area contributed by atoms with Crippen LogP contribution in [0, 0.1) is 29.8 Å². The number of rotatable bonds is 7. The molecule has 220 valence electrons. The maximum Gasteiger partial charge on any atom is 0.269 e. The molecular formula is C32H30FN5O4S. The number of piperazine rings is 1. The van der Waals surface area contributed by atoms with Crippen LogP contribution in [-0.4, -0.2) is 58.1 Å². The third-order valence-corrected chi connectivity index (χ3v) is 9.84. The van der Waals surface area contributed by atoms with Gasteiger partial charge in [0.2, 0.25) is 10.0 Å². The molecule has 1 aliphatic heterocycles. The molecule has 0 N–H and O–H groups in total. The molecule has 2 aromatic heterocycles. The van der Waals surface area contributed by atoms with Gasteiger partial charge in [0, 0.05) is 56.6 Å². The summed E-state index contributed by atoms with van der Waals surface area (Å²) < 4.78 is 43.2. The maximum atomic E-state index is 13.4. The molecule has 11 heteroatoms. The molecule has 6 rings (SSSR count). The standard InChI is InChI=1S/C32H30FN5O4S/c1-22-3-4-23(2)29(19-22)25-7-14-31-34-32(24-5-10-27(11-6-24)38(39)40)30(37(31)20-25)21-35-15-17-36(18-16-35)43(41,42)28-12-8-26(33)9-13-28/h3-14,19-20H,15-18,21H2,1-2H3. The summed E-state index contributed by atoms with van der Waals surface area (Å²) in [6.45, 7) is 6.19. The van der Waals surface area contributed by atoms with Gasteiger partial charge in [0.15, 0.2) is 0 Å². The number of nitrogens with zero attached hydrogens (tertiary/aromatic N) is 5. The number of aryl methyl sites for hydroxylation is 2. The van der Waals surface area contributed by atoms with E-state index in [2.05, 4.69) is 47.5 Å². The maximum absolute atomic E-state index is 13.4. The lowest BCUT2D eigenvalue weighted by Crippen LogP contribution is -2.48. The SMILES string of the molecule is Cc1ccc(C)c(-c2ccc3nc(-c4ccc([N+](=O)[O-])cc4)c(CN4CCN(S(=O)(=O)c5ccc(F)cc5)CC4)n3c2)c1. The van der Waals surface area contributed by atoms with Gasteiger partial charge in [-0.15, -0.1) is 0 Å². The average molecular weight is 600 g/mol. The zero-order chi connectivity index (χ0) is 30.3. The Morgan fingerprint density at radius 1 is 0.884 bits per heavy atom.